The van der Waals surface area contributed by atoms with Gasteiger partial charge in [0.1, 0.15) is 6.10 Å². The number of hydrogen-bond donors (Lipinski definition) is 2. The van der Waals surface area contributed by atoms with E-state index in [1.165, 1.54) is 0 Å². The van der Waals surface area contributed by atoms with E-state index in [1.807, 2.05) is 12.1 Å². The van der Waals surface area contributed by atoms with E-state index in [4.69, 9.17) is 15.2 Å². The molecular weight excluding hydrogens is 308 g/mol. The van der Waals surface area contributed by atoms with Gasteiger partial charge in [-0.05, 0) is 36.8 Å². The molecule has 2 aromatic carbocycles. The second-order valence-electron chi connectivity index (χ2n) is 5.59. The first-order chi connectivity index (χ1) is 11.5. The van der Waals surface area contributed by atoms with Gasteiger partial charge in [0.2, 0.25) is 12.0 Å². The Morgan fingerprint density at radius 3 is 2.29 bits per heavy atom. The van der Waals surface area contributed by atoms with Crippen LogP contribution in [0.1, 0.15) is 22.8 Å². The van der Waals surface area contributed by atoms with Crippen molar-refractivity contribution in [3.63, 3.8) is 0 Å². The van der Waals surface area contributed by atoms with Crippen molar-refractivity contribution in [2.24, 2.45) is 5.73 Å². The Labute approximate surface area is 139 Å². The average Bonchev–Trinajstić information content (AvgIpc) is 2.59. The first kappa shape index (κ1) is 15.9. The monoisotopic (exact) mass is 326 g/mol. The number of carbonyl (C=O) groups is 2. The molecule has 0 aliphatic carbocycles. The van der Waals surface area contributed by atoms with Crippen molar-refractivity contribution in [2.45, 2.75) is 25.7 Å². The summed E-state index contributed by atoms with van der Waals surface area (Å²) in [6, 6.07) is 14.0. The van der Waals surface area contributed by atoms with Crippen LogP contribution in [0.4, 0.5) is 0 Å². The smallest absolute Gasteiger partial charge is 0.265 e. The maximum absolute atomic E-state index is 12.4. The Morgan fingerprint density at radius 2 is 1.67 bits per heavy atom. The van der Waals surface area contributed by atoms with Crippen molar-refractivity contribution >= 4 is 11.8 Å². The van der Waals surface area contributed by atoms with Crippen LogP contribution in [0.25, 0.3) is 0 Å². The zero-order chi connectivity index (χ0) is 17.1. The number of nitrogens with one attached hydrogen (secondary N) is 1. The molecule has 1 heterocycles. The van der Waals surface area contributed by atoms with Crippen LogP contribution in [-0.2, 0) is 11.3 Å². The summed E-state index contributed by atoms with van der Waals surface area (Å²) < 4.78 is 11.5. The van der Waals surface area contributed by atoms with Crippen molar-refractivity contribution in [1.29, 1.82) is 0 Å². The van der Waals surface area contributed by atoms with E-state index in [2.05, 4.69) is 5.32 Å². The Bertz CT molecular complexity index is 758. The van der Waals surface area contributed by atoms with E-state index in [1.54, 1.807) is 43.3 Å². The number of primary amides is 1. The fourth-order valence-electron chi connectivity index (χ4n) is 2.48. The number of carbonyl (C=O) groups excluding carboxylic acids is 2. The summed E-state index contributed by atoms with van der Waals surface area (Å²) in [7, 11) is 0. The Kier molecular flexibility index (Phi) is 4.37. The summed E-state index contributed by atoms with van der Waals surface area (Å²) in [4.78, 5) is 23.4. The van der Waals surface area contributed by atoms with Gasteiger partial charge < -0.3 is 20.5 Å². The second-order valence-corrected chi connectivity index (χ2v) is 5.59. The molecule has 1 aliphatic heterocycles. The van der Waals surface area contributed by atoms with Crippen molar-refractivity contribution in [3.05, 3.63) is 59.7 Å². The van der Waals surface area contributed by atoms with Gasteiger partial charge in [-0.1, -0.05) is 24.3 Å². The lowest BCUT2D eigenvalue weighted by atomic mass is 10.1. The molecular formula is C18H18N2O4. The lowest BCUT2D eigenvalue weighted by molar-refractivity contribution is -0.133. The van der Waals surface area contributed by atoms with Crippen LogP contribution in [0, 0.1) is 0 Å². The minimum atomic E-state index is -0.718. The molecule has 1 aliphatic rings. The van der Waals surface area contributed by atoms with Gasteiger partial charge in [-0.3, -0.25) is 9.59 Å². The van der Waals surface area contributed by atoms with E-state index < -0.39 is 18.1 Å². The van der Waals surface area contributed by atoms with Crippen molar-refractivity contribution < 1.29 is 19.1 Å². The van der Waals surface area contributed by atoms with Crippen LogP contribution in [-0.4, -0.2) is 24.0 Å². The molecule has 6 heteroatoms. The number of para-hydroxylation sites is 2. The Hall–Kier alpha value is -3.02. The lowest BCUT2D eigenvalue weighted by Crippen LogP contribution is -2.48. The quantitative estimate of drug-likeness (QED) is 0.893. The summed E-state index contributed by atoms with van der Waals surface area (Å²) in [6.07, 6.45) is -1.11. The van der Waals surface area contributed by atoms with E-state index in [-0.39, 0.29) is 5.91 Å². The molecule has 3 N–H and O–H groups in total. The minimum absolute atomic E-state index is 0.254. The van der Waals surface area contributed by atoms with Gasteiger partial charge in [-0.15, -0.1) is 0 Å². The van der Waals surface area contributed by atoms with Crippen LogP contribution in [0.5, 0.6) is 11.5 Å². The topological polar surface area (TPSA) is 90.7 Å². The van der Waals surface area contributed by atoms with Crippen molar-refractivity contribution in [3.8, 4) is 11.5 Å². The molecule has 6 nitrogen and oxygen atoms in total. The third-order valence-electron chi connectivity index (χ3n) is 3.81. The number of fused-ring (bicyclic) bond motifs is 1. The predicted molar refractivity (Wildman–Crippen MR) is 87.8 cm³/mol. The van der Waals surface area contributed by atoms with E-state index in [9.17, 15) is 9.59 Å². The molecule has 0 bridgehead atoms. The van der Waals surface area contributed by atoms with E-state index >= 15 is 0 Å². The summed E-state index contributed by atoms with van der Waals surface area (Å²) >= 11 is 0. The number of benzene rings is 2. The number of amides is 2. The van der Waals surface area contributed by atoms with Crippen molar-refractivity contribution in [1.82, 2.24) is 5.32 Å². The maximum atomic E-state index is 12.4. The van der Waals surface area contributed by atoms with Gasteiger partial charge in [0.25, 0.3) is 5.91 Å². The summed E-state index contributed by atoms with van der Waals surface area (Å²) in [5.41, 5.74) is 6.49. The third-order valence-corrected chi connectivity index (χ3v) is 3.81. The van der Waals surface area contributed by atoms with Crippen LogP contribution >= 0.6 is 0 Å². The first-order valence-electron chi connectivity index (χ1n) is 7.63. The lowest BCUT2D eigenvalue weighted by Gasteiger charge is -2.31. The van der Waals surface area contributed by atoms with E-state index in [0.717, 1.165) is 5.56 Å². The normalized spacial score (nSPS) is 18.7. The fraction of sp³-hybridized carbons (Fsp3) is 0.222. The molecule has 0 radical (unpaired) electrons. The molecule has 2 amide bonds. The zero-order valence-corrected chi connectivity index (χ0v) is 13.2. The van der Waals surface area contributed by atoms with Gasteiger partial charge >= 0.3 is 0 Å². The molecule has 0 fully saturated rings. The SMILES string of the molecule is C[C@H]1Oc2ccccc2O[C@@H]1C(=O)NCc1ccc(C(N)=O)cc1. The summed E-state index contributed by atoms with van der Waals surface area (Å²) in [5, 5.41) is 2.82. The van der Waals surface area contributed by atoms with Crippen LogP contribution < -0.4 is 20.5 Å². The fourth-order valence-corrected chi connectivity index (χ4v) is 2.48. The van der Waals surface area contributed by atoms with Gasteiger partial charge in [-0.2, -0.15) is 0 Å². The van der Waals surface area contributed by atoms with Crippen molar-refractivity contribution in [2.75, 3.05) is 0 Å². The second kappa shape index (κ2) is 6.62. The number of hydrogen-bond acceptors (Lipinski definition) is 4. The zero-order valence-electron chi connectivity index (χ0n) is 13.2. The molecule has 0 aromatic heterocycles. The molecule has 2 atom stereocenters. The predicted octanol–water partition coefficient (Wildman–Crippen LogP) is 1.63. The highest BCUT2D eigenvalue weighted by Crippen LogP contribution is 2.33. The van der Waals surface area contributed by atoms with Gasteiger partial charge in [0.15, 0.2) is 11.5 Å². The molecule has 24 heavy (non-hydrogen) atoms. The minimum Gasteiger partial charge on any atom is -0.482 e. The van der Waals surface area contributed by atoms with Crippen LogP contribution in [0.3, 0.4) is 0 Å². The molecule has 0 spiro atoms. The molecule has 0 saturated heterocycles. The first-order valence-corrected chi connectivity index (χ1v) is 7.63. The van der Waals surface area contributed by atoms with Crippen LogP contribution in [0.2, 0.25) is 0 Å². The summed E-state index contributed by atoms with van der Waals surface area (Å²) in [5.74, 6) is 0.458. The maximum Gasteiger partial charge on any atom is 0.265 e. The molecule has 0 saturated carbocycles. The number of nitrogens with two attached hydrogens (primary N) is 1. The highest BCUT2D eigenvalue weighted by atomic mass is 16.6. The third kappa shape index (κ3) is 3.32. The standard InChI is InChI=1S/C18H18N2O4/c1-11-16(24-15-5-3-2-4-14(15)23-11)18(22)20-10-12-6-8-13(9-7-12)17(19)21/h2-9,11,16H,10H2,1H3,(H2,19,21)(H,20,22)/t11-,16+/m1/s1. The highest BCUT2D eigenvalue weighted by molar-refractivity contribution is 5.92. The molecule has 0 unspecified atom stereocenters. The molecule has 124 valence electrons. The largest absolute Gasteiger partial charge is 0.482 e. The Morgan fingerprint density at radius 1 is 1.04 bits per heavy atom. The average molecular weight is 326 g/mol. The van der Waals surface area contributed by atoms with Crippen LogP contribution in [0.15, 0.2) is 48.5 Å². The van der Waals surface area contributed by atoms with E-state index in [0.29, 0.717) is 23.6 Å². The highest BCUT2D eigenvalue weighted by Gasteiger charge is 2.33. The molecule has 3 rings (SSSR count). The van der Waals surface area contributed by atoms with Gasteiger partial charge in [-0.25, -0.2) is 0 Å². The Balaban J connectivity index is 1.62. The van der Waals surface area contributed by atoms with Gasteiger partial charge in [0.05, 0.1) is 0 Å². The number of rotatable bonds is 4. The number of ether oxygens (including phenoxy) is 2. The summed E-state index contributed by atoms with van der Waals surface area (Å²) in [6.45, 7) is 2.12. The van der Waals surface area contributed by atoms with Gasteiger partial charge in [0, 0.05) is 12.1 Å². The molecule has 2 aromatic rings.